The minimum absolute atomic E-state index is 0.143. The number of piperazine rings is 1. The summed E-state index contributed by atoms with van der Waals surface area (Å²) in [5.41, 5.74) is 1.26. The summed E-state index contributed by atoms with van der Waals surface area (Å²) >= 11 is 1.73. The molecule has 3 rings (SSSR count). The van der Waals surface area contributed by atoms with E-state index in [9.17, 15) is 10.1 Å². The van der Waals surface area contributed by atoms with Crippen molar-refractivity contribution in [3.63, 3.8) is 0 Å². The maximum atomic E-state index is 10.8. The van der Waals surface area contributed by atoms with Crippen LogP contribution in [-0.2, 0) is 0 Å². The van der Waals surface area contributed by atoms with Gasteiger partial charge in [-0.15, -0.1) is 11.3 Å². The van der Waals surface area contributed by atoms with Gasteiger partial charge in [-0.3, -0.25) is 15.0 Å². The van der Waals surface area contributed by atoms with Crippen LogP contribution >= 0.6 is 11.3 Å². The number of rotatable bonds is 4. The Morgan fingerprint density at radius 1 is 1.19 bits per heavy atom. The molecule has 2 heterocycles. The predicted molar refractivity (Wildman–Crippen MR) is 83.7 cm³/mol. The molecular formula is C15H17N3O2S. The second-order valence-corrected chi connectivity index (χ2v) is 6.03. The molecule has 1 atom stereocenters. The molecule has 1 aliphatic rings. The van der Waals surface area contributed by atoms with Gasteiger partial charge in [-0.2, -0.15) is 0 Å². The Kier molecular flexibility index (Phi) is 4.28. The lowest BCUT2D eigenvalue weighted by Gasteiger charge is -2.34. The summed E-state index contributed by atoms with van der Waals surface area (Å²) in [7, 11) is 0. The minimum Gasteiger partial charge on any atom is -0.314 e. The van der Waals surface area contributed by atoms with E-state index >= 15 is 0 Å². The maximum Gasteiger partial charge on any atom is 0.269 e. The summed E-state index contributed by atoms with van der Waals surface area (Å²) in [5.74, 6) is 0. The molecule has 1 aromatic heterocycles. The maximum absolute atomic E-state index is 10.8. The van der Waals surface area contributed by atoms with Crippen LogP contribution in [0.15, 0.2) is 41.8 Å². The van der Waals surface area contributed by atoms with Crippen LogP contribution in [0, 0.1) is 10.1 Å². The Bertz CT molecular complexity index is 592. The summed E-state index contributed by atoms with van der Waals surface area (Å²) < 4.78 is 0. The SMILES string of the molecule is O=[N+]([O-])c1ccc(C(c2cccs2)N2CCNCC2)cc1. The van der Waals surface area contributed by atoms with Gasteiger partial charge < -0.3 is 5.32 Å². The van der Waals surface area contributed by atoms with Crippen molar-refractivity contribution >= 4 is 17.0 Å². The number of nitro benzene ring substituents is 1. The predicted octanol–water partition coefficient (Wildman–Crippen LogP) is 2.65. The molecule has 0 spiro atoms. The fraction of sp³-hybridized carbons (Fsp3) is 0.333. The summed E-state index contributed by atoms with van der Waals surface area (Å²) in [6, 6.07) is 11.3. The van der Waals surface area contributed by atoms with Crippen molar-refractivity contribution in [2.45, 2.75) is 6.04 Å². The van der Waals surface area contributed by atoms with Gasteiger partial charge in [-0.25, -0.2) is 0 Å². The molecule has 6 heteroatoms. The topological polar surface area (TPSA) is 58.4 Å². The van der Waals surface area contributed by atoms with Crippen LogP contribution in [0.25, 0.3) is 0 Å². The fourth-order valence-electron chi connectivity index (χ4n) is 2.72. The van der Waals surface area contributed by atoms with Crippen LogP contribution in [0.1, 0.15) is 16.5 Å². The third-order valence-electron chi connectivity index (χ3n) is 3.75. The number of nitro groups is 1. The highest BCUT2D eigenvalue weighted by Gasteiger charge is 2.25. The zero-order chi connectivity index (χ0) is 14.7. The van der Waals surface area contributed by atoms with Crippen molar-refractivity contribution in [2.75, 3.05) is 26.2 Å². The molecule has 21 heavy (non-hydrogen) atoms. The van der Waals surface area contributed by atoms with Gasteiger partial charge in [0.15, 0.2) is 0 Å². The first-order valence-electron chi connectivity index (χ1n) is 6.98. The molecule has 0 amide bonds. The van der Waals surface area contributed by atoms with E-state index < -0.39 is 0 Å². The molecule has 0 saturated carbocycles. The number of hydrogen-bond acceptors (Lipinski definition) is 5. The van der Waals surface area contributed by atoms with Crippen LogP contribution in [-0.4, -0.2) is 36.0 Å². The molecule has 110 valence electrons. The summed E-state index contributed by atoms with van der Waals surface area (Å²) in [6.07, 6.45) is 0. The van der Waals surface area contributed by atoms with Gasteiger partial charge in [-0.1, -0.05) is 18.2 Å². The lowest BCUT2D eigenvalue weighted by molar-refractivity contribution is -0.384. The van der Waals surface area contributed by atoms with Crippen molar-refractivity contribution in [3.8, 4) is 0 Å². The van der Waals surface area contributed by atoms with Gasteiger partial charge in [0.25, 0.3) is 5.69 Å². The van der Waals surface area contributed by atoms with Crippen LogP contribution in [0.4, 0.5) is 5.69 Å². The molecule has 0 radical (unpaired) electrons. The largest absolute Gasteiger partial charge is 0.314 e. The second-order valence-electron chi connectivity index (χ2n) is 5.05. The standard InChI is InChI=1S/C15H17N3O2S/c19-18(20)13-5-3-12(4-6-13)15(14-2-1-11-21-14)17-9-7-16-8-10-17/h1-6,11,15-16H,7-10H2. The van der Waals surface area contributed by atoms with E-state index in [2.05, 4.69) is 27.7 Å². The number of benzene rings is 1. The van der Waals surface area contributed by atoms with E-state index in [1.54, 1.807) is 23.5 Å². The Morgan fingerprint density at radius 3 is 2.48 bits per heavy atom. The Morgan fingerprint density at radius 2 is 1.90 bits per heavy atom. The zero-order valence-electron chi connectivity index (χ0n) is 11.6. The van der Waals surface area contributed by atoms with Gasteiger partial charge in [-0.05, 0) is 17.0 Å². The lowest BCUT2D eigenvalue weighted by atomic mass is 10.0. The number of nitrogens with one attached hydrogen (secondary N) is 1. The highest BCUT2D eigenvalue weighted by molar-refractivity contribution is 7.10. The third kappa shape index (κ3) is 3.12. The van der Waals surface area contributed by atoms with Crippen molar-refractivity contribution in [3.05, 3.63) is 62.3 Å². The second kappa shape index (κ2) is 6.34. The molecule has 1 aliphatic heterocycles. The Labute approximate surface area is 127 Å². The molecule has 1 unspecified atom stereocenters. The molecule has 1 N–H and O–H groups in total. The van der Waals surface area contributed by atoms with Crippen molar-refractivity contribution in [1.29, 1.82) is 0 Å². The van der Waals surface area contributed by atoms with Crippen LogP contribution in [0.3, 0.4) is 0 Å². The van der Waals surface area contributed by atoms with E-state index in [4.69, 9.17) is 0 Å². The van der Waals surface area contributed by atoms with Crippen molar-refractivity contribution < 1.29 is 4.92 Å². The highest BCUT2D eigenvalue weighted by Crippen LogP contribution is 2.32. The van der Waals surface area contributed by atoms with E-state index in [1.165, 1.54) is 4.88 Å². The highest BCUT2D eigenvalue weighted by atomic mass is 32.1. The average molecular weight is 303 g/mol. The fourth-order valence-corrected chi connectivity index (χ4v) is 3.61. The molecular weight excluding hydrogens is 286 g/mol. The minimum atomic E-state index is -0.352. The molecule has 0 aliphatic carbocycles. The summed E-state index contributed by atoms with van der Waals surface area (Å²) in [5, 5.41) is 16.2. The van der Waals surface area contributed by atoms with Crippen LogP contribution in [0.2, 0.25) is 0 Å². The monoisotopic (exact) mass is 303 g/mol. The van der Waals surface area contributed by atoms with Gasteiger partial charge in [0.05, 0.1) is 11.0 Å². The molecule has 2 aromatic rings. The van der Waals surface area contributed by atoms with E-state index in [0.717, 1.165) is 31.7 Å². The Balaban J connectivity index is 1.92. The van der Waals surface area contributed by atoms with Gasteiger partial charge in [0, 0.05) is 43.2 Å². The van der Waals surface area contributed by atoms with Gasteiger partial charge in [0.2, 0.25) is 0 Å². The molecule has 5 nitrogen and oxygen atoms in total. The van der Waals surface area contributed by atoms with Gasteiger partial charge >= 0.3 is 0 Å². The summed E-state index contributed by atoms with van der Waals surface area (Å²) in [6.45, 7) is 3.93. The number of non-ortho nitro benzene ring substituents is 1. The average Bonchev–Trinajstić information content (AvgIpc) is 3.03. The van der Waals surface area contributed by atoms with E-state index in [1.807, 2.05) is 12.1 Å². The normalized spacial score (nSPS) is 17.5. The number of nitrogens with zero attached hydrogens (tertiary/aromatic N) is 2. The van der Waals surface area contributed by atoms with Crippen LogP contribution in [0.5, 0.6) is 0 Å². The molecule has 1 aromatic carbocycles. The quantitative estimate of drug-likeness (QED) is 0.697. The summed E-state index contributed by atoms with van der Waals surface area (Å²) in [4.78, 5) is 14.2. The lowest BCUT2D eigenvalue weighted by Crippen LogP contribution is -2.45. The van der Waals surface area contributed by atoms with Crippen LogP contribution < -0.4 is 5.32 Å². The first kappa shape index (κ1) is 14.2. The number of thiophene rings is 1. The Hall–Kier alpha value is -1.76. The van der Waals surface area contributed by atoms with E-state index in [0.29, 0.717) is 0 Å². The van der Waals surface area contributed by atoms with Crippen molar-refractivity contribution in [1.82, 2.24) is 10.2 Å². The molecule has 0 bridgehead atoms. The number of hydrogen-bond donors (Lipinski definition) is 1. The molecule has 1 saturated heterocycles. The first-order chi connectivity index (χ1) is 10.3. The van der Waals surface area contributed by atoms with Gasteiger partial charge in [0.1, 0.15) is 0 Å². The smallest absolute Gasteiger partial charge is 0.269 e. The third-order valence-corrected chi connectivity index (χ3v) is 4.67. The molecule has 1 fully saturated rings. The first-order valence-corrected chi connectivity index (χ1v) is 7.86. The van der Waals surface area contributed by atoms with Crippen molar-refractivity contribution in [2.24, 2.45) is 0 Å². The zero-order valence-corrected chi connectivity index (χ0v) is 12.4. The van der Waals surface area contributed by atoms with E-state index in [-0.39, 0.29) is 16.7 Å².